The van der Waals surface area contributed by atoms with E-state index in [-0.39, 0.29) is 0 Å². The van der Waals surface area contributed by atoms with Gasteiger partial charge in [0.2, 0.25) is 0 Å². The molecule has 0 heterocycles. The average Bonchev–Trinajstić information content (AvgIpc) is 2.42. The Hall–Kier alpha value is -0.0100. The van der Waals surface area contributed by atoms with Gasteiger partial charge in [0, 0.05) is 18.1 Å². The molecule has 1 aliphatic carbocycles. The predicted octanol–water partition coefficient (Wildman–Crippen LogP) is 3.44. The molecule has 13 heavy (non-hydrogen) atoms. The van der Waals surface area contributed by atoms with Gasteiger partial charge in [-0.2, -0.15) is 0 Å². The van der Waals surface area contributed by atoms with E-state index in [1.54, 1.807) is 5.54 Å². The highest BCUT2D eigenvalue weighted by atomic mass is 35.5. The lowest BCUT2D eigenvalue weighted by Gasteiger charge is -2.15. The van der Waals surface area contributed by atoms with Crippen LogP contribution in [0.1, 0.15) is 45.4 Å². The molecule has 0 unspecified atom stereocenters. The minimum absolute atomic E-state index is 0.731. The molecular formula is C11H20ClN. The quantitative estimate of drug-likeness (QED) is 0.690. The Labute approximate surface area is 86.5 Å². The van der Waals surface area contributed by atoms with Gasteiger partial charge < -0.3 is 5.32 Å². The van der Waals surface area contributed by atoms with Gasteiger partial charge in [-0.25, -0.2) is 0 Å². The molecule has 0 atom stereocenters. The normalized spacial score (nSPS) is 21.5. The second kappa shape index (κ2) is 6.44. The Morgan fingerprint density at radius 2 is 1.92 bits per heavy atom. The Balaban J connectivity index is 2.19. The van der Waals surface area contributed by atoms with Crippen LogP contribution >= 0.6 is 11.6 Å². The highest BCUT2D eigenvalue weighted by Crippen LogP contribution is 2.17. The molecule has 1 rings (SSSR count). The van der Waals surface area contributed by atoms with Gasteiger partial charge in [0.1, 0.15) is 0 Å². The summed E-state index contributed by atoms with van der Waals surface area (Å²) < 4.78 is 0. The van der Waals surface area contributed by atoms with Gasteiger partial charge in [-0.3, -0.25) is 0 Å². The summed E-state index contributed by atoms with van der Waals surface area (Å²) >= 11 is 5.60. The van der Waals surface area contributed by atoms with Crippen LogP contribution in [0.2, 0.25) is 0 Å². The molecule has 0 bridgehead atoms. The summed E-state index contributed by atoms with van der Waals surface area (Å²) in [6, 6.07) is 0.731. The third kappa shape index (κ3) is 4.68. The number of halogens is 1. The van der Waals surface area contributed by atoms with E-state index in [0.717, 1.165) is 12.6 Å². The minimum atomic E-state index is 0.731. The second-order valence-corrected chi connectivity index (χ2v) is 4.24. The summed E-state index contributed by atoms with van der Waals surface area (Å²) in [5.74, 6) is 0. The van der Waals surface area contributed by atoms with Crippen LogP contribution in [-0.2, 0) is 0 Å². The fourth-order valence-electron chi connectivity index (χ4n) is 1.83. The Morgan fingerprint density at radius 3 is 2.46 bits per heavy atom. The molecule has 1 saturated carbocycles. The molecule has 2 heteroatoms. The number of hydrogen-bond donors (Lipinski definition) is 1. The third-order valence-electron chi connectivity index (χ3n) is 2.71. The van der Waals surface area contributed by atoms with Crippen molar-refractivity contribution in [2.45, 2.75) is 51.5 Å². The summed E-state index contributed by atoms with van der Waals surface area (Å²) in [6.45, 7) is 3.02. The summed E-state index contributed by atoms with van der Waals surface area (Å²) in [6.07, 6.45) is 8.30. The van der Waals surface area contributed by atoms with Crippen molar-refractivity contribution in [2.75, 3.05) is 6.54 Å². The average molecular weight is 202 g/mol. The van der Waals surface area contributed by atoms with E-state index in [1.165, 1.54) is 44.1 Å². The minimum Gasteiger partial charge on any atom is -0.310 e. The molecule has 0 spiro atoms. The van der Waals surface area contributed by atoms with Crippen molar-refractivity contribution in [3.63, 3.8) is 0 Å². The summed E-state index contributed by atoms with van der Waals surface area (Å²) in [5, 5.41) is 3.56. The zero-order valence-corrected chi connectivity index (χ0v) is 9.24. The zero-order chi connectivity index (χ0) is 9.52. The molecule has 1 aliphatic rings. The first-order chi connectivity index (χ1) is 6.33. The molecule has 0 aliphatic heterocycles. The van der Waals surface area contributed by atoms with Gasteiger partial charge in [-0.05, 0) is 25.3 Å². The summed E-state index contributed by atoms with van der Waals surface area (Å²) in [7, 11) is 0. The van der Waals surface area contributed by atoms with E-state index in [0.29, 0.717) is 0 Å². The zero-order valence-electron chi connectivity index (χ0n) is 8.48. The van der Waals surface area contributed by atoms with Gasteiger partial charge in [-0.1, -0.05) is 37.3 Å². The van der Waals surface area contributed by atoms with Crippen LogP contribution < -0.4 is 5.32 Å². The lowest BCUT2D eigenvalue weighted by atomic mass is 10.1. The van der Waals surface area contributed by atoms with Gasteiger partial charge in [0.15, 0.2) is 0 Å². The van der Waals surface area contributed by atoms with E-state index in [2.05, 4.69) is 12.2 Å². The molecule has 0 saturated heterocycles. The molecule has 0 amide bonds. The fourth-order valence-corrected chi connectivity index (χ4v) is 1.90. The largest absolute Gasteiger partial charge is 0.310 e. The maximum atomic E-state index is 5.60. The van der Waals surface area contributed by atoms with Crippen LogP contribution in [-0.4, -0.2) is 12.6 Å². The van der Waals surface area contributed by atoms with Crippen LogP contribution in [0.4, 0.5) is 0 Å². The first-order valence-electron chi connectivity index (χ1n) is 5.32. The number of nitrogens with one attached hydrogen (secondary N) is 1. The Bertz CT molecular complexity index is 157. The molecule has 0 aromatic heterocycles. The third-order valence-corrected chi connectivity index (χ3v) is 3.08. The van der Waals surface area contributed by atoms with Crippen LogP contribution in [0.3, 0.4) is 0 Å². The lowest BCUT2D eigenvalue weighted by Crippen LogP contribution is -2.29. The van der Waals surface area contributed by atoms with Crippen molar-refractivity contribution in [1.82, 2.24) is 5.32 Å². The van der Waals surface area contributed by atoms with Crippen molar-refractivity contribution in [2.24, 2.45) is 0 Å². The fraction of sp³-hybridized carbons (Fsp3) is 0.818. The smallest absolute Gasteiger partial charge is 0.0176 e. The van der Waals surface area contributed by atoms with E-state index in [1.807, 2.05) is 0 Å². The predicted molar refractivity (Wildman–Crippen MR) is 59.1 cm³/mol. The van der Waals surface area contributed by atoms with Gasteiger partial charge >= 0.3 is 0 Å². The first kappa shape index (κ1) is 11.1. The summed E-state index contributed by atoms with van der Waals surface area (Å²) in [4.78, 5) is 0. The van der Waals surface area contributed by atoms with Crippen LogP contribution in [0, 0.1) is 0 Å². The molecule has 0 radical (unpaired) electrons. The molecule has 1 nitrogen and oxygen atoms in total. The highest BCUT2D eigenvalue weighted by molar-refractivity contribution is 6.25. The standard InChI is InChI=1S/C11H20ClN/c1-10(8-12)9-13-11-6-4-2-3-5-7-11/h8,11,13H,2-7,9H2,1H3. The molecule has 1 fully saturated rings. The Kier molecular flexibility index (Phi) is 5.49. The SMILES string of the molecule is CC(=CCl)CNC1CCCCCC1. The highest BCUT2D eigenvalue weighted by Gasteiger charge is 2.10. The van der Waals surface area contributed by atoms with E-state index >= 15 is 0 Å². The van der Waals surface area contributed by atoms with Crippen molar-refractivity contribution < 1.29 is 0 Å². The van der Waals surface area contributed by atoms with Gasteiger partial charge in [0.25, 0.3) is 0 Å². The van der Waals surface area contributed by atoms with Crippen molar-refractivity contribution >= 4 is 11.6 Å². The number of rotatable bonds is 3. The van der Waals surface area contributed by atoms with E-state index in [4.69, 9.17) is 11.6 Å². The maximum Gasteiger partial charge on any atom is 0.0176 e. The maximum absolute atomic E-state index is 5.60. The van der Waals surface area contributed by atoms with Crippen LogP contribution in [0.25, 0.3) is 0 Å². The van der Waals surface area contributed by atoms with Crippen molar-refractivity contribution in [1.29, 1.82) is 0 Å². The van der Waals surface area contributed by atoms with Gasteiger partial charge in [0.05, 0.1) is 0 Å². The molecule has 0 aromatic carbocycles. The second-order valence-electron chi connectivity index (χ2n) is 4.02. The lowest BCUT2D eigenvalue weighted by molar-refractivity contribution is 0.477. The number of hydrogen-bond acceptors (Lipinski definition) is 1. The molecule has 1 N–H and O–H groups in total. The van der Waals surface area contributed by atoms with Crippen molar-refractivity contribution in [3.05, 3.63) is 11.1 Å². The monoisotopic (exact) mass is 201 g/mol. The molecule has 0 aromatic rings. The van der Waals surface area contributed by atoms with Crippen LogP contribution in [0.15, 0.2) is 11.1 Å². The topological polar surface area (TPSA) is 12.0 Å². The first-order valence-corrected chi connectivity index (χ1v) is 5.76. The Morgan fingerprint density at radius 1 is 1.31 bits per heavy atom. The van der Waals surface area contributed by atoms with E-state index < -0.39 is 0 Å². The van der Waals surface area contributed by atoms with E-state index in [9.17, 15) is 0 Å². The van der Waals surface area contributed by atoms with Crippen LogP contribution in [0.5, 0.6) is 0 Å². The van der Waals surface area contributed by atoms with Crippen molar-refractivity contribution in [3.8, 4) is 0 Å². The van der Waals surface area contributed by atoms with Gasteiger partial charge in [-0.15, -0.1) is 0 Å². The molecular weight excluding hydrogens is 182 g/mol. The molecule has 76 valence electrons. The summed E-state index contributed by atoms with van der Waals surface area (Å²) in [5.41, 5.74) is 2.90.